The normalized spacial score (nSPS) is 15.9. The fraction of sp³-hybridized carbons (Fsp3) is 1.00. The van der Waals surface area contributed by atoms with Crippen LogP contribution in [0.4, 0.5) is 0 Å². The van der Waals surface area contributed by atoms with Gasteiger partial charge in [0.1, 0.15) is 0 Å². The molecule has 0 spiro atoms. The molecule has 2 N–H and O–H groups in total. The van der Waals surface area contributed by atoms with Crippen LogP contribution in [0.15, 0.2) is 0 Å². The van der Waals surface area contributed by atoms with E-state index in [4.69, 9.17) is 9.05 Å². The molecule has 2 radical (unpaired) electrons. The number of unbranched alkanes of at least 4 members (excludes halogenated alkanes) is 10. The van der Waals surface area contributed by atoms with Crippen molar-refractivity contribution in [2.24, 2.45) is 0 Å². The van der Waals surface area contributed by atoms with Crippen LogP contribution in [0.2, 0.25) is 0 Å². The van der Waals surface area contributed by atoms with Gasteiger partial charge >= 0.3 is 22.8 Å². The van der Waals surface area contributed by atoms with Gasteiger partial charge in [-0.25, -0.2) is 0 Å². The van der Waals surface area contributed by atoms with Gasteiger partial charge in [0, 0.05) is 73.3 Å². The van der Waals surface area contributed by atoms with E-state index in [9.17, 15) is 23.5 Å². The van der Waals surface area contributed by atoms with E-state index in [-0.39, 0.29) is 72.3 Å². The molecule has 0 amide bonds. The van der Waals surface area contributed by atoms with E-state index in [1.54, 1.807) is 0 Å². The molecule has 0 aromatic rings. The van der Waals surface area contributed by atoms with Crippen molar-refractivity contribution in [3.63, 3.8) is 0 Å². The number of rotatable bonds is 23. The van der Waals surface area contributed by atoms with Gasteiger partial charge in [-0.15, -0.1) is 0 Å². The monoisotopic (exact) mass is 582 g/mol. The van der Waals surface area contributed by atoms with Crippen LogP contribution in [0, 0.1) is 0 Å². The van der Waals surface area contributed by atoms with Gasteiger partial charge in [0.2, 0.25) is 0 Å². The largest absolute Gasteiger partial charge is 0.332 e. The molecule has 0 aliphatic carbocycles. The Morgan fingerprint density at radius 2 is 1.03 bits per heavy atom. The predicted octanol–water partition coefficient (Wildman–Crippen LogP) is 6.20. The summed E-state index contributed by atoms with van der Waals surface area (Å²) < 4.78 is 58.6. The molecule has 0 saturated carbocycles. The maximum absolute atomic E-state index is 13.5. The van der Waals surface area contributed by atoms with Crippen molar-refractivity contribution in [2.75, 3.05) is 39.8 Å². The Kier molecular flexibility index (Phi) is 29.1. The zero-order valence-corrected chi connectivity index (χ0v) is 29.7. The minimum absolute atomic E-state index is 0. The van der Waals surface area contributed by atoms with Crippen molar-refractivity contribution in [3.05, 3.63) is 0 Å². The topological polar surface area (TPSA) is 129 Å². The number of hydrogen-bond acceptors (Lipinski definition) is 7. The van der Waals surface area contributed by atoms with Gasteiger partial charge in [0.15, 0.2) is 0 Å². The van der Waals surface area contributed by atoms with Gasteiger partial charge in [-0.1, -0.05) is 78.1 Å². The molecule has 0 aliphatic rings. The first-order valence-corrected chi connectivity index (χ1v) is 17.3. The Morgan fingerprint density at radius 1 is 0.629 bits per heavy atom. The first kappa shape index (κ1) is 41.9. The second kappa shape index (κ2) is 24.3. The molecular weight excluding hydrogens is 535 g/mol. The summed E-state index contributed by atoms with van der Waals surface area (Å²) in [6, 6.07) is 0. The molecule has 0 fully saturated rings. The Bertz CT molecular complexity index is 619. The van der Waals surface area contributed by atoms with Crippen LogP contribution in [-0.4, -0.2) is 114 Å². The van der Waals surface area contributed by atoms with Crippen molar-refractivity contribution in [1.82, 2.24) is 0 Å². The van der Waals surface area contributed by atoms with Crippen molar-refractivity contribution < 1.29 is 41.6 Å². The van der Waals surface area contributed by atoms with Gasteiger partial charge in [0.25, 0.3) is 0 Å². The summed E-state index contributed by atoms with van der Waals surface area (Å²) in [6.07, 6.45) is 11.1. The maximum atomic E-state index is 13.5. The van der Waals surface area contributed by atoms with E-state index < -0.39 is 40.8 Å². The van der Waals surface area contributed by atoms with Crippen LogP contribution >= 0.6 is 22.8 Å². The molecule has 0 rings (SSSR count). The average molecular weight is 583 g/mol. The molecule has 202 valence electrons. The molecule has 0 heterocycles. The van der Waals surface area contributed by atoms with Gasteiger partial charge in [-0.3, -0.25) is 13.7 Å². The zero-order valence-electron chi connectivity index (χ0n) is 23.0. The number of hydrogen-bond donors (Lipinski definition) is 2. The van der Waals surface area contributed by atoms with Crippen LogP contribution in [0.5, 0.6) is 0 Å². The molecule has 35 heavy (non-hydrogen) atoms. The van der Waals surface area contributed by atoms with Gasteiger partial charge < -0.3 is 27.9 Å². The first-order valence-electron chi connectivity index (χ1n) is 12.2. The Hall–Kier alpha value is 2.45. The van der Waals surface area contributed by atoms with Crippen molar-refractivity contribution in [1.29, 1.82) is 0 Å². The summed E-state index contributed by atoms with van der Waals surface area (Å²) in [6.45, 7) is 4.67. The minimum Gasteiger partial charge on any atom is -0.324 e. The predicted molar refractivity (Wildman–Crippen MR) is 145 cm³/mol. The third-order valence-corrected chi connectivity index (χ3v) is 11.4. The first-order chi connectivity index (χ1) is 15.6. The van der Waals surface area contributed by atoms with E-state index in [0.29, 0.717) is 12.8 Å². The van der Waals surface area contributed by atoms with Crippen molar-refractivity contribution >= 4 is 81.9 Å². The standard InChI is InChI=1S/C21H47O9P3.2Na/c1-5-7-9-11-13-15-17-29-32(24,30-18-16-14-12-10-8-6-2)20-21(33(25,26)28-4)19-31(22,23)27-3;;/h21H,5-20H2,1-4H3,(H,22,23)(H,25,26);;. The second-order valence-electron chi connectivity index (χ2n) is 8.40. The fourth-order valence-corrected chi connectivity index (χ4v) is 9.25. The molecule has 0 bridgehead atoms. The van der Waals surface area contributed by atoms with Gasteiger partial charge in [-0.05, 0) is 12.8 Å². The maximum Gasteiger partial charge on any atom is 0.332 e. The van der Waals surface area contributed by atoms with E-state index in [2.05, 4.69) is 22.9 Å². The van der Waals surface area contributed by atoms with E-state index >= 15 is 0 Å². The van der Waals surface area contributed by atoms with Crippen LogP contribution < -0.4 is 0 Å². The smallest absolute Gasteiger partial charge is 0.324 e. The van der Waals surface area contributed by atoms with Gasteiger partial charge in [0.05, 0.1) is 31.2 Å². The molecule has 0 saturated heterocycles. The fourth-order valence-electron chi connectivity index (χ4n) is 3.33. The summed E-state index contributed by atoms with van der Waals surface area (Å²) >= 11 is 0. The van der Waals surface area contributed by atoms with Crippen LogP contribution in [-0.2, 0) is 31.8 Å². The van der Waals surface area contributed by atoms with Crippen LogP contribution in [0.25, 0.3) is 0 Å². The quantitative estimate of drug-likeness (QED) is 0.0821. The van der Waals surface area contributed by atoms with Crippen LogP contribution in [0.3, 0.4) is 0 Å². The molecule has 0 aromatic heterocycles. The molecule has 3 unspecified atom stereocenters. The van der Waals surface area contributed by atoms with Crippen molar-refractivity contribution in [2.45, 2.75) is 96.6 Å². The average Bonchev–Trinajstić information content (AvgIpc) is 2.77. The van der Waals surface area contributed by atoms with Crippen molar-refractivity contribution in [3.8, 4) is 0 Å². The molecule has 9 nitrogen and oxygen atoms in total. The Labute approximate surface area is 257 Å². The third kappa shape index (κ3) is 21.9. The second-order valence-corrected chi connectivity index (χ2v) is 14.7. The van der Waals surface area contributed by atoms with Gasteiger partial charge in [-0.2, -0.15) is 0 Å². The third-order valence-electron chi connectivity index (χ3n) is 5.46. The van der Waals surface area contributed by atoms with E-state index in [1.165, 1.54) is 12.8 Å². The SMILES string of the molecule is CCCCCCCCOP(=O)(CC(CP(=O)(O)OC)P(=O)(O)OC)OCCCCCCCC.[Na].[Na]. The molecule has 14 heteroatoms. The van der Waals surface area contributed by atoms with E-state index in [0.717, 1.165) is 65.6 Å². The van der Waals surface area contributed by atoms with E-state index in [1.807, 2.05) is 0 Å². The zero-order chi connectivity index (χ0) is 25.2. The summed E-state index contributed by atoms with van der Waals surface area (Å²) in [7, 11) is -10.2. The minimum atomic E-state index is -4.35. The summed E-state index contributed by atoms with van der Waals surface area (Å²) in [5.74, 6) is 0. The Morgan fingerprint density at radius 3 is 1.40 bits per heavy atom. The van der Waals surface area contributed by atoms with Crippen LogP contribution in [0.1, 0.15) is 90.9 Å². The molecular formula is C21H47Na2O9P3. The Balaban J connectivity index is -0.00000512. The molecule has 3 atom stereocenters. The summed E-state index contributed by atoms with van der Waals surface area (Å²) in [4.78, 5) is 20.1. The molecule has 0 aromatic carbocycles. The summed E-state index contributed by atoms with van der Waals surface area (Å²) in [5, 5.41) is 0. The summed E-state index contributed by atoms with van der Waals surface area (Å²) in [5.41, 5.74) is -1.42. The molecule has 0 aliphatic heterocycles.